The van der Waals surface area contributed by atoms with Crippen LogP contribution >= 0.6 is 0 Å². The highest BCUT2D eigenvalue weighted by Gasteiger charge is 2.17. The van der Waals surface area contributed by atoms with Crippen LogP contribution in [0.15, 0.2) is 28.7 Å². The van der Waals surface area contributed by atoms with E-state index in [4.69, 9.17) is 4.42 Å². The first-order valence-corrected chi connectivity index (χ1v) is 6.17. The molecule has 2 atom stereocenters. The van der Waals surface area contributed by atoms with E-state index >= 15 is 0 Å². The largest absolute Gasteiger partial charge is 0.464 e. The molecule has 0 saturated carbocycles. The molecular weight excluding hydrogens is 214 g/mol. The van der Waals surface area contributed by atoms with Crippen LogP contribution in [-0.2, 0) is 4.79 Å². The second kappa shape index (κ2) is 5.21. The van der Waals surface area contributed by atoms with E-state index in [9.17, 15) is 4.79 Å². The summed E-state index contributed by atoms with van der Waals surface area (Å²) >= 11 is 0. The molecule has 1 amide bonds. The second-order valence-electron chi connectivity index (χ2n) is 4.71. The highest BCUT2D eigenvalue weighted by Crippen LogP contribution is 2.21. The van der Waals surface area contributed by atoms with Gasteiger partial charge in [0.05, 0.1) is 6.04 Å². The van der Waals surface area contributed by atoms with Gasteiger partial charge in [0.15, 0.2) is 0 Å². The summed E-state index contributed by atoms with van der Waals surface area (Å²) in [6, 6.07) is 3.77. The quantitative estimate of drug-likeness (QED) is 0.812. The number of furan rings is 1. The summed E-state index contributed by atoms with van der Waals surface area (Å²) in [6.45, 7) is 3.85. The normalized spacial score (nSPS) is 20.5. The highest BCUT2D eigenvalue weighted by atomic mass is 16.3. The lowest BCUT2D eigenvalue weighted by atomic mass is 10.0. The van der Waals surface area contributed by atoms with Crippen LogP contribution in [0.4, 0.5) is 0 Å². The van der Waals surface area contributed by atoms with Crippen molar-refractivity contribution in [3.8, 4) is 0 Å². The van der Waals surface area contributed by atoms with Gasteiger partial charge in [-0.15, -0.1) is 0 Å². The molecule has 1 aromatic heterocycles. The fourth-order valence-corrected chi connectivity index (χ4v) is 2.16. The Morgan fingerprint density at radius 1 is 1.59 bits per heavy atom. The molecule has 92 valence electrons. The SMILES string of the molecule is Cc1ccc(C(C)NC(=O)CC2C=CCC2)o1. The van der Waals surface area contributed by atoms with E-state index in [1.165, 1.54) is 0 Å². The molecule has 0 fully saturated rings. The molecule has 1 heterocycles. The number of carbonyl (C=O) groups is 1. The predicted octanol–water partition coefficient (Wildman–Crippen LogP) is 3.12. The standard InChI is InChI=1S/C14H19NO2/c1-10-7-8-13(17-10)11(2)15-14(16)9-12-5-3-4-6-12/h3,5,7-8,11-12H,4,6,9H2,1-2H3,(H,15,16). The van der Waals surface area contributed by atoms with Gasteiger partial charge in [-0.3, -0.25) is 4.79 Å². The Labute approximate surface area is 102 Å². The molecular formula is C14H19NO2. The van der Waals surface area contributed by atoms with Crippen LogP contribution in [0.5, 0.6) is 0 Å². The van der Waals surface area contributed by atoms with Gasteiger partial charge >= 0.3 is 0 Å². The maximum absolute atomic E-state index is 11.8. The van der Waals surface area contributed by atoms with Crippen LogP contribution in [0, 0.1) is 12.8 Å². The summed E-state index contributed by atoms with van der Waals surface area (Å²) in [6.07, 6.45) is 7.08. The monoisotopic (exact) mass is 233 g/mol. The number of aryl methyl sites for hydroxylation is 1. The maximum atomic E-state index is 11.8. The molecule has 1 N–H and O–H groups in total. The van der Waals surface area contributed by atoms with E-state index in [1.807, 2.05) is 26.0 Å². The Bertz CT molecular complexity index is 420. The maximum Gasteiger partial charge on any atom is 0.221 e. The van der Waals surface area contributed by atoms with Crippen LogP contribution in [-0.4, -0.2) is 5.91 Å². The number of amides is 1. The predicted molar refractivity (Wildman–Crippen MR) is 66.5 cm³/mol. The van der Waals surface area contributed by atoms with Crippen LogP contribution < -0.4 is 5.32 Å². The third kappa shape index (κ3) is 3.22. The van der Waals surface area contributed by atoms with Crippen molar-refractivity contribution in [2.24, 2.45) is 5.92 Å². The van der Waals surface area contributed by atoms with E-state index in [-0.39, 0.29) is 11.9 Å². The lowest BCUT2D eigenvalue weighted by Gasteiger charge is -2.13. The average molecular weight is 233 g/mol. The van der Waals surface area contributed by atoms with E-state index in [0.717, 1.165) is 24.4 Å². The fourth-order valence-electron chi connectivity index (χ4n) is 2.16. The number of rotatable bonds is 4. The minimum absolute atomic E-state index is 0.0541. The lowest BCUT2D eigenvalue weighted by Crippen LogP contribution is -2.27. The summed E-state index contributed by atoms with van der Waals surface area (Å²) < 4.78 is 5.49. The first-order chi connectivity index (χ1) is 8.15. The van der Waals surface area contributed by atoms with Crippen molar-refractivity contribution in [3.05, 3.63) is 35.8 Å². The molecule has 0 spiro atoms. The van der Waals surface area contributed by atoms with E-state index in [2.05, 4.69) is 17.5 Å². The Balaban J connectivity index is 1.83. The number of hydrogen-bond acceptors (Lipinski definition) is 2. The topological polar surface area (TPSA) is 42.2 Å². The summed E-state index contributed by atoms with van der Waals surface area (Å²) in [5.41, 5.74) is 0. The van der Waals surface area contributed by atoms with Gasteiger partial charge < -0.3 is 9.73 Å². The molecule has 0 radical (unpaired) electrons. The Morgan fingerprint density at radius 3 is 3.00 bits per heavy atom. The molecule has 0 aromatic carbocycles. The zero-order valence-corrected chi connectivity index (χ0v) is 10.4. The van der Waals surface area contributed by atoms with E-state index in [1.54, 1.807) is 0 Å². The van der Waals surface area contributed by atoms with Crippen molar-refractivity contribution >= 4 is 5.91 Å². The summed E-state index contributed by atoms with van der Waals surface area (Å²) in [5.74, 6) is 2.21. The molecule has 1 aromatic rings. The molecule has 0 aliphatic heterocycles. The van der Waals surface area contributed by atoms with Gasteiger partial charge in [0.2, 0.25) is 5.91 Å². The third-order valence-corrected chi connectivity index (χ3v) is 3.13. The van der Waals surface area contributed by atoms with Crippen LogP contribution in [0.25, 0.3) is 0 Å². The average Bonchev–Trinajstić information content (AvgIpc) is 2.89. The van der Waals surface area contributed by atoms with E-state index < -0.39 is 0 Å². The van der Waals surface area contributed by atoms with Gasteiger partial charge in [-0.2, -0.15) is 0 Å². The first-order valence-electron chi connectivity index (χ1n) is 6.17. The van der Waals surface area contributed by atoms with Crippen molar-refractivity contribution in [2.45, 2.75) is 39.2 Å². The highest BCUT2D eigenvalue weighted by molar-refractivity contribution is 5.76. The Hall–Kier alpha value is -1.51. The second-order valence-corrected chi connectivity index (χ2v) is 4.71. The molecule has 3 heteroatoms. The zero-order valence-electron chi connectivity index (χ0n) is 10.4. The van der Waals surface area contributed by atoms with Gasteiger partial charge in [0.25, 0.3) is 0 Å². The van der Waals surface area contributed by atoms with Crippen LogP contribution in [0.3, 0.4) is 0 Å². The molecule has 2 rings (SSSR count). The van der Waals surface area contributed by atoms with Crippen molar-refractivity contribution < 1.29 is 9.21 Å². The van der Waals surface area contributed by atoms with Crippen LogP contribution in [0.1, 0.15) is 43.7 Å². The van der Waals surface area contributed by atoms with Crippen molar-refractivity contribution in [1.82, 2.24) is 5.32 Å². The van der Waals surface area contributed by atoms with Crippen molar-refractivity contribution in [3.63, 3.8) is 0 Å². The summed E-state index contributed by atoms with van der Waals surface area (Å²) in [4.78, 5) is 11.8. The van der Waals surface area contributed by atoms with Crippen LogP contribution in [0.2, 0.25) is 0 Å². The molecule has 0 saturated heterocycles. The van der Waals surface area contributed by atoms with Gasteiger partial charge in [0, 0.05) is 6.42 Å². The first kappa shape index (κ1) is 12.0. The molecule has 17 heavy (non-hydrogen) atoms. The van der Waals surface area contributed by atoms with Gasteiger partial charge in [0.1, 0.15) is 11.5 Å². The minimum Gasteiger partial charge on any atom is -0.464 e. The number of carbonyl (C=O) groups excluding carboxylic acids is 1. The Morgan fingerprint density at radius 2 is 2.41 bits per heavy atom. The van der Waals surface area contributed by atoms with Gasteiger partial charge in [-0.05, 0) is 44.7 Å². The van der Waals surface area contributed by atoms with Crippen molar-refractivity contribution in [1.29, 1.82) is 0 Å². The summed E-state index contributed by atoms with van der Waals surface area (Å²) in [5, 5.41) is 2.97. The zero-order chi connectivity index (χ0) is 12.3. The third-order valence-electron chi connectivity index (χ3n) is 3.13. The molecule has 0 bridgehead atoms. The fraction of sp³-hybridized carbons (Fsp3) is 0.500. The Kier molecular flexibility index (Phi) is 3.67. The number of allylic oxidation sites excluding steroid dienone is 2. The smallest absolute Gasteiger partial charge is 0.221 e. The number of nitrogens with one attached hydrogen (secondary N) is 1. The van der Waals surface area contributed by atoms with Gasteiger partial charge in [-0.25, -0.2) is 0 Å². The van der Waals surface area contributed by atoms with Gasteiger partial charge in [-0.1, -0.05) is 12.2 Å². The molecule has 1 aliphatic rings. The molecule has 1 aliphatic carbocycles. The molecule has 2 unspecified atom stereocenters. The summed E-state index contributed by atoms with van der Waals surface area (Å²) in [7, 11) is 0. The number of hydrogen-bond donors (Lipinski definition) is 1. The minimum atomic E-state index is -0.0541. The lowest BCUT2D eigenvalue weighted by molar-refractivity contribution is -0.122. The van der Waals surface area contributed by atoms with E-state index in [0.29, 0.717) is 12.3 Å². The van der Waals surface area contributed by atoms with Crippen molar-refractivity contribution in [2.75, 3.05) is 0 Å². The molecule has 3 nitrogen and oxygen atoms in total.